The molecule has 0 aliphatic carbocycles. The molecule has 5 nitrogen and oxygen atoms in total. The number of benzene rings is 1. The van der Waals surface area contributed by atoms with Gasteiger partial charge in [-0.2, -0.15) is 0 Å². The van der Waals surface area contributed by atoms with E-state index in [1.165, 1.54) is 4.90 Å². The van der Waals surface area contributed by atoms with E-state index in [4.69, 9.17) is 4.74 Å². The maximum absolute atomic E-state index is 11.7. The van der Waals surface area contributed by atoms with Gasteiger partial charge >= 0.3 is 12.1 Å². The van der Waals surface area contributed by atoms with Crippen LogP contribution in [0.3, 0.4) is 0 Å². The molecule has 3 amide bonds. The molecule has 0 bridgehead atoms. The first-order chi connectivity index (χ1) is 8.09. The lowest BCUT2D eigenvalue weighted by atomic mass is 10.1. The summed E-state index contributed by atoms with van der Waals surface area (Å²) in [6, 6.07) is 9.04. The molecule has 1 atom stereocenters. The fourth-order valence-electron chi connectivity index (χ4n) is 1.70. The number of urea groups is 1. The minimum Gasteiger partial charge on any atom is -0.439 e. The highest BCUT2D eigenvalue weighted by atomic mass is 16.6. The predicted octanol–water partition coefficient (Wildman–Crippen LogP) is 1.86. The minimum atomic E-state index is -0.586. The molecular formula is C12H14N2O3. The van der Waals surface area contributed by atoms with Crippen LogP contribution in [0.15, 0.2) is 30.3 Å². The number of hydrogen-bond donors (Lipinski definition) is 0. The summed E-state index contributed by atoms with van der Waals surface area (Å²) in [6.45, 7) is 0.264. The number of carbonyl (C=O) groups excluding carboxylic acids is 2. The SMILES string of the molecule is CN(C)C(=O)N1CC(c2ccccc2)OC1=O. The molecule has 5 heteroatoms. The number of cyclic esters (lactones) is 1. The summed E-state index contributed by atoms with van der Waals surface area (Å²) < 4.78 is 5.17. The number of nitrogens with zero attached hydrogens (tertiary/aromatic N) is 2. The van der Waals surface area contributed by atoms with Gasteiger partial charge in [0.2, 0.25) is 0 Å². The van der Waals surface area contributed by atoms with Crippen LogP contribution in [0.2, 0.25) is 0 Å². The van der Waals surface area contributed by atoms with E-state index in [1.54, 1.807) is 14.1 Å². The molecule has 90 valence electrons. The number of amides is 3. The number of hydrogen-bond acceptors (Lipinski definition) is 3. The fourth-order valence-corrected chi connectivity index (χ4v) is 1.70. The van der Waals surface area contributed by atoms with Gasteiger partial charge in [0.1, 0.15) is 6.10 Å². The summed E-state index contributed by atoms with van der Waals surface area (Å²) in [5.74, 6) is 0. The van der Waals surface area contributed by atoms with E-state index in [0.29, 0.717) is 0 Å². The molecule has 0 saturated carbocycles. The van der Waals surface area contributed by atoms with E-state index < -0.39 is 6.09 Å². The maximum Gasteiger partial charge on any atom is 0.418 e. The average molecular weight is 234 g/mol. The first kappa shape index (κ1) is 11.4. The van der Waals surface area contributed by atoms with Gasteiger partial charge in [-0.3, -0.25) is 0 Å². The van der Waals surface area contributed by atoms with Gasteiger partial charge in [0.05, 0.1) is 6.54 Å². The third kappa shape index (κ3) is 2.22. The van der Waals surface area contributed by atoms with Gasteiger partial charge in [-0.05, 0) is 5.56 Å². The highest BCUT2D eigenvalue weighted by molar-refractivity contribution is 5.92. The van der Waals surface area contributed by atoms with Gasteiger partial charge < -0.3 is 9.64 Å². The fraction of sp³-hybridized carbons (Fsp3) is 0.333. The smallest absolute Gasteiger partial charge is 0.418 e. The Kier molecular flexibility index (Phi) is 2.99. The van der Waals surface area contributed by atoms with Crippen molar-refractivity contribution >= 4 is 12.1 Å². The van der Waals surface area contributed by atoms with E-state index in [-0.39, 0.29) is 18.7 Å². The van der Waals surface area contributed by atoms with E-state index in [2.05, 4.69) is 0 Å². The number of ether oxygens (including phenoxy) is 1. The lowest BCUT2D eigenvalue weighted by Crippen LogP contribution is -2.39. The van der Waals surface area contributed by atoms with Gasteiger partial charge in [-0.15, -0.1) is 0 Å². The molecular weight excluding hydrogens is 220 g/mol. The van der Waals surface area contributed by atoms with Crippen molar-refractivity contribution in [1.29, 1.82) is 0 Å². The molecule has 1 saturated heterocycles. The third-order valence-electron chi connectivity index (χ3n) is 2.60. The van der Waals surface area contributed by atoms with Gasteiger partial charge in [-0.25, -0.2) is 14.5 Å². The van der Waals surface area contributed by atoms with Crippen LogP contribution in [0.5, 0.6) is 0 Å². The van der Waals surface area contributed by atoms with Crippen molar-refractivity contribution in [3.63, 3.8) is 0 Å². The Morgan fingerprint density at radius 1 is 1.35 bits per heavy atom. The van der Waals surface area contributed by atoms with Gasteiger partial charge in [-0.1, -0.05) is 30.3 Å². The molecule has 1 unspecified atom stereocenters. The largest absolute Gasteiger partial charge is 0.439 e. The zero-order valence-electron chi connectivity index (χ0n) is 9.79. The van der Waals surface area contributed by atoms with Crippen LogP contribution in [0, 0.1) is 0 Å². The maximum atomic E-state index is 11.7. The zero-order chi connectivity index (χ0) is 12.4. The topological polar surface area (TPSA) is 49.9 Å². The van der Waals surface area contributed by atoms with Crippen LogP contribution in [0.1, 0.15) is 11.7 Å². The second-order valence-corrected chi connectivity index (χ2v) is 4.07. The van der Waals surface area contributed by atoms with Crippen molar-refractivity contribution in [2.24, 2.45) is 0 Å². The molecule has 17 heavy (non-hydrogen) atoms. The highest BCUT2D eigenvalue weighted by Gasteiger charge is 2.37. The van der Waals surface area contributed by atoms with E-state index in [1.807, 2.05) is 30.3 Å². The van der Waals surface area contributed by atoms with E-state index >= 15 is 0 Å². The molecule has 1 aromatic rings. The van der Waals surface area contributed by atoms with Crippen LogP contribution < -0.4 is 0 Å². The Balaban J connectivity index is 2.13. The Labute approximate surface area is 99.6 Å². The Morgan fingerprint density at radius 2 is 2.00 bits per heavy atom. The van der Waals surface area contributed by atoms with Crippen LogP contribution in [-0.2, 0) is 4.74 Å². The van der Waals surface area contributed by atoms with Crippen LogP contribution >= 0.6 is 0 Å². The minimum absolute atomic E-state index is 0.264. The van der Waals surface area contributed by atoms with Crippen molar-refractivity contribution in [1.82, 2.24) is 9.80 Å². The van der Waals surface area contributed by atoms with Gasteiger partial charge in [0.15, 0.2) is 0 Å². The summed E-state index contributed by atoms with van der Waals surface area (Å²) in [5.41, 5.74) is 0.898. The summed E-state index contributed by atoms with van der Waals surface area (Å²) >= 11 is 0. The second-order valence-electron chi connectivity index (χ2n) is 4.07. The summed E-state index contributed by atoms with van der Waals surface area (Å²) in [6.07, 6.45) is -0.954. The lowest BCUT2D eigenvalue weighted by molar-refractivity contribution is 0.131. The quantitative estimate of drug-likeness (QED) is 0.745. The van der Waals surface area contributed by atoms with E-state index in [9.17, 15) is 9.59 Å². The van der Waals surface area contributed by atoms with Crippen LogP contribution in [0.25, 0.3) is 0 Å². The van der Waals surface area contributed by atoms with Crippen molar-refractivity contribution in [3.05, 3.63) is 35.9 Å². The van der Waals surface area contributed by atoms with Crippen molar-refractivity contribution in [2.75, 3.05) is 20.6 Å². The molecule has 1 fully saturated rings. The first-order valence-electron chi connectivity index (χ1n) is 5.34. The van der Waals surface area contributed by atoms with Crippen molar-refractivity contribution in [3.8, 4) is 0 Å². The number of carbonyl (C=O) groups is 2. The molecule has 0 aromatic heterocycles. The molecule has 0 N–H and O–H groups in total. The Hall–Kier alpha value is -2.04. The zero-order valence-corrected chi connectivity index (χ0v) is 9.79. The van der Waals surface area contributed by atoms with Crippen LogP contribution in [0.4, 0.5) is 9.59 Å². The number of imide groups is 1. The summed E-state index contributed by atoms with van der Waals surface area (Å²) in [7, 11) is 3.21. The highest BCUT2D eigenvalue weighted by Crippen LogP contribution is 2.26. The first-order valence-corrected chi connectivity index (χ1v) is 5.34. The average Bonchev–Trinajstić information content (AvgIpc) is 2.71. The summed E-state index contributed by atoms with van der Waals surface area (Å²) in [5, 5.41) is 0. The molecule has 2 rings (SSSR count). The van der Waals surface area contributed by atoms with Gasteiger partial charge in [0.25, 0.3) is 0 Å². The Bertz CT molecular complexity index is 431. The molecule has 1 aliphatic heterocycles. The van der Waals surface area contributed by atoms with Crippen LogP contribution in [-0.4, -0.2) is 42.6 Å². The lowest BCUT2D eigenvalue weighted by Gasteiger charge is -2.16. The predicted molar refractivity (Wildman–Crippen MR) is 61.5 cm³/mol. The van der Waals surface area contributed by atoms with E-state index in [0.717, 1.165) is 10.5 Å². The number of rotatable bonds is 1. The monoisotopic (exact) mass is 234 g/mol. The molecule has 1 aromatic carbocycles. The molecule has 0 spiro atoms. The Morgan fingerprint density at radius 3 is 2.59 bits per heavy atom. The molecule has 1 aliphatic rings. The normalized spacial score (nSPS) is 19.1. The van der Waals surface area contributed by atoms with Gasteiger partial charge in [0, 0.05) is 14.1 Å². The van der Waals surface area contributed by atoms with Crippen molar-refractivity contribution < 1.29 is 14.3 Å². The van der Waals surface area contributed by atoms with Crippen molar-refractivity contribution in [2.45, 2.75) is 6.10 Å². The second kappa shape index (κ2) is 4.45. The standard InChI is InChI=1S/C12H14N2O3/c1-13(2)11(15)14-8-10(17-12(14)16)9-6-4-3-5-7-9/h3-7,10H,8H2,1-2H3. The molecule has 1 heterocycles. The summed E-state index contributed by atoms with van der Waals surface area (Å²) in [4.78, 5) is 25.7. The molecule has 0 radical (unpaired) electrons. The third-order valence-corrected chi connectivity index (χ3v) is 2.60.